The second-order valence-electron chi connectivity index (χ2n) is 8.37. The van der Waals surface area contributed by atoms with E-state index in [4.69, 9.17) is 14.6 Å². The number of hydrogen-bond donors (Lipinski definition) is 3. The number of carbonyl (C=O) groups is 1. The molecule has 1 atom stereocenters. The summed E-state index contributed by atoms with van der Waals surface area (Å²) in [5.41, 5.74) is 1.89. The van der Waals surface area contributed by atoms with Crippen LogP contribution in [0.25, 0.3) is 11.1 Å². The summed E-state index contributed by atoms with van der Waals surface area (Å²) in [6.45, 7) is 5.51. The number of carbonyl (C=O) groups excluding carboxylic acids is 1. The summed E-state index contributed by atoms with van der Waals surface area (Å²) >= 11 is 0. The molecule has 0 aromatic heterocycles. The highest BCUT2D eigenvalue weighted by Gasteiger charge is 2.28. The van der Waals surface area contributed by atoms with Crippen LogP contribution < -0.4 is 9.46 Å². The second-order valence-corrected chi connectivity index (χ2v) is 10.2. The minimum Gasteiger partial charge on any atom is -0.493 e. The number of likely N-dealkylation sites (tertiary alicyclic amines) is 1. The van der Waals surface area contributed by atoms with Crippen LogP contribution in [0.15, 0.2) is 53.4 Å². The van der Waals surface area contributed by atoms with Crippen molar-refractivity contribution in [1.29, 1.82) is 0 Å². The predicted octanol–water partition coefficient (Wildman–Crippen LogP) is 3.82. The van der Waals surface area contributed by atoms with Crippen LogP contribution in [0.1, 0.15) is 26.7 Å². The van der Waals surface area contributed by atoms with Gasteiger partial charge in [-0.15, -0.1) is 4.72 Å². The number of rotatable bonds is 9. The van der Waals surface area contributed by atoms with Gasteiger partial charge in [0, 0.05) is 13.1 Å². The maximum atomic E-state index is 12.2. The highest BCUT2D eigenvalue weighted by molar-refractivity contribution is 7.95. The Bertz CT molecular complexity index is 940. The van der Waals surface area contributed by atoms with Gasteiger partial charge in [0.15, 0.2) is 0 Å². The predicted molar refractivity (Wildman–Crippen MR) is 127 cm³/mol. The van der Waals surface area contributed by atoms with Crippen molar-refractivity contribution in [1.82, 2.24) is 9.62 Å². The molecule has 9 heteroatoms. The first-order chi connectivity index (χ1) is 15.8. The van der Waals surface area contributed by atoms with Crippen LogP contribution in [-0.2, 0) is 19.3 Å². The average Bonchev–Trinajstić information content (AvgIpc) is 2.82. The lowest BCUT2D eigenvalue weighted by molar-refractivity contribution is 0.0608. The molecule has 0 saturated carbocycles. The number of nitrogens with zero attached hydrogens (tertiary/aromatic N) is 1. The van der Waals surface area contributed by atoms with E-state index in [0.717, 1.165) is 29.7 Å². The molecule has 180 valence electrons. The molecule has 1 heterocycles. The third-order valence-electron chi connectivity index (χ3n) is 5.47. The maximum absolute atomic E-state index is 12.2. The van der Waals surface area contributed by atoms with Crippen LogP contribution in [0, 0.1) is 5.92 Å². The first-order valence-corrected chi connectivity index (χ1v) is 12.7. The third-order valence-corrected chi connectivity index (χ3v) is 6.97. The first kappa shape index (κ1) is 25.2. The van der Waals surface area contributed by atoms with Gasteiger partial charge in [-0.25, -0.2) is 4.79 Å². The van der Waals surface area contributed by atoms with Crippen LogP contribution in [0.4, 0.5) is 4.79 Å². The average molecular weight is 478 g/mol. The number of nitrogens with one attached hydrogen (secondary N) is 1. The van der Waals surface area contributed by atoms with E-state index in [1.807, 2.05) is 38.1 Å². The molecular weight excluding hydrogens is 444 g/mol. The first-order valence-electron chi connectivity index (χ1n) is 11.2. The summed E-state index contributed by atoms with van der Waals surface area (Å²) in [5.74, 6) is 1.18. The fourth-order valence-corrected chi connectivity index (χ4v) is 4.65. The maximum Gasteiger partial charge on any atom is 0.410 e. The molecule has 1 fully saturated rings. The van der Waals surface area contributed by atoms with E-state index in [1.54, 1.807) is 29.2 Å². The number of hydrogen-bond acceptors (Lipinski definition) is 5. The SMILES string of the molecule is CC(C)OC(=O)N1CCC(COc2ccc(-c3ccc([S+](=O)(O)NCCO)cc3)cc2)CC1. The van der Waals surface area contributed by atoms with Crippen molar-refractivity contribution in [3.8, 4) is 16.9 Å². The fraction of sp³-hybridized carbons (Fsp3) is 0.458. The monoisotopic (exact) mass is 477 g/mol. The standard InChI is InChI=1S/C24H32N2O6S/c1-18(2)32-24(28)26-14-11-19(12-15-26)17-31-22-7-3-20(4-8-22)21-5-9-23(10-6-21)33(29,30)25-13-16-27/h3-10,18-19,27H,11-17H2,1-2H3,(H-,25,29,30)/p+1. The summed E-state index contributed by atoms with van der Waals surface area (Å²) in [6, 6.07) is 14.5. The Labute approximate surface area is 196 Å². The Kier molecular flexibility index (Phi) is 8.85. The topological polar surface area (TPSA) is 108 Å². The zero-order valence-electron chi connectivity index (χ0n) is 19.1. The lowest BCUT2D eigenvalue weighted by atomic mass is 9.98. The zero-order chi connectivity index (χ0) is 23.8. The van der Waals surface area contributed by atoms with Gasteiger partial charge in [0.25, 0.3) is 0 Å². The largest absolute Gasteiger partial charge is 0.493 e. The quantitative estimate of drug-likeness (QED) is 0.474. The van der Waals surface area contributed by atoms with Crippen LogP contribution in [-0.4, -0.2) is 59.6 Å². The fourth-order valence-electron chi connectivity index (χ4n) is 3.62. The highest BCUT2D eigenvalue weighted by atomic mass is 32.3. The van der Waals surface area contributed by atoms with E-state index in [-0.39, 0.29) is 30.2 Å². The summed E-state index contributed by atoms with van der Waals surface area (Å²) < 4.78 is 35.9. The molecule has 0 radical (unpaired) electrons. The van der Waals surface area contributed by atoms with E-state index in [0.29, 0.717) is 25.6 Å². The molecule has 0 aliphatic carbocycles. The summed E-state index contributed by atoms with van der Waals surface area (Å²) in [5, 5.41) is 8.83. The van der Waals surface area contributed by atoms with Crippen LogP contribution in [0.2, 0.25) is 0 Å². The van der Waals surface area contributed by atoms with Crippen molar-refractivity contribution in [2.75, 3.05) is 32.8 Å². The van der Waals surface area contributed by atoms with Crippen molar-refractivity contribution in [2.45, 2.75) is 37.7 Å². The van der Waals surface area contributed by atoms with E-state index in [2.05, 4.69) is 4.72 Å². The van der Waals surface area contributed by atoms with Crippen molar-refractivity contribution in [2.24, 2.45) is 5.92 Å². The van der Waals surface area contributed by atoms with E-state index in [9.17, 15) is 13.6 Å². The Balaban J connectivity index is 1.49. The van der Waals surface area contributed by atoms with Crippen molar-refractivity contribution in [3.63, 3.8) is 0 Å². The van der Waals surface area contributed by atoms with Gasteiger partial charge >= 0.3 is 16.5 Å². The number of piperidine rings is 1. The number of aliphatic hydroxyl groups excluding tert-OH is 1. The minimum absolute atomic E-state index is 0.0440. The second kappa shape index (κ2) is 11.6. The molecule has 1 unspecified atom stereocenters. The van der Waals surface area contributed by atoms with Gasteiger partial charge in [-0.05, 0) is 84.3 Å². The Morgan fingerprint density at radius 1 is 1.09 bits per heavy atom. The minimum atomic E-state index is -3.37. The Morgan fingerprint density at radius 2 is 1.67 bits per heavy atom. The van der Waals surface area contributed by atoms with Gasteiger partial charge in [0.05, 0.1) is 25.9 Å². The molecule has 1 aliphatic heterocycles. The summed E-state index contributed by atoms with van der Waals surface area (Å²) in [7, 11) is -3.37. The number of amides is 1. The molecular formula is C24H33N2O6S+. The van der Waals surface area contributed by atoms with Gasteiger partial charge in [-0.2, -0.15) is 4.55 Å². The molecule has 0 spiro atoms. The van der Waals surface area contributed by atoms with Crippen molar-refractivity contribution >= 4 is 16.5 Å². The van der Waals surface area contributed by atoms with Crippen molar-refractivity contribution in [3.05, 3.63) is 48.5 Å². The number of ether oxygens (including phenoxy) is 2. The molecule has 2 aromatic carbocycles. The molecule has 3 N–H and O–H groups in total. The van der Waals surface area contributed by atoms with Gasteiger partial charge in [0.1, 0.15) is 5.75 Å². The molecule has 1 amide bonds. The molecule has 2 aromatic rings. The van der Waals surface area contributed by atoms with Crippen LogP contribution in [0.5, 0.6) is 5.75 Å². The van der Waals surface area contributed by atoms with E-state index < -0.39 is 10.4 Å². The normalized spacial score (nSPS) is 16.5. The molecule has 3 rings (SSSR count). The lowest BCUT2D eigenvalue weighted by Gasteiger charge is -2.31. The molecule has 1 saturated heterocycles. The summed E-state index contributed by atoms with van der Waals surface area (Å²) in [4.78, 5) is 14.0. The van der Waals surface area contributed by atoms with Crippen molar-refractivity contribution < 1.29 is 28.1 Å². The Hall–Kier alpha value is -2.46. The number of aliphatic hydroxyl groups is 1. The zero-order valence-corrected chi connectivity index (χ0v) is 19.9. The highest BCUT2D eigenvalue weighted by Crippen LogP contribution is 2.26. The van der Waals surface area contributed by atoms with Gasteiger partial charge in [-0.1, -0.05) is 12.1 Å². The molecule has 0 bridgehead atoms. The lowest BCUT2D eigenvalue weighted by Crippen LogP contribution is -2.40. The summed E-state index contributed by atoms with van der Waals surface area (Å²) in [6.07, 6.45) is 1.43. The van der Waals surface area contributed by atoms with Gasteiger partial charge in [0.2, 0.25) is 4.90 Å². The van der Waals surface area contributed by atoms with Crippen LogP contribution >= 0.6 is 0 Å². The van der Waals surface area contributed by atoms with Crippen LogP contribution in [0.3, 0.4) is 0 Å². The molecule has 8 nitrogen and oxygen atoms in total. The van der Waals surface area contributed by atoms with E-state index >= 15 is 0 Å². The van der Waals surface area contributed by atoms with Gasteiger partial charge < -0.3 is 19.5 Å². The Morgan fingerprint density at radius 3 is 2.21 bits per heavy atom. The number of benzene rings is 2. The molecule has 33 heavy (non-hydrogen) atoms. The van der Waals surface area contributed by atoms with E-state index in [1.165, 1.54) is 0 Å². The smallest absolute Gasteiger partial charge is 0.410 e. The third kappa shape index (κ3) is 7.26. The molecule has 1 aliphatic rings. The van der Waals surface area contributed by atoms with Gasteiger partial charge in [-0.3, -0.25) is 0 Å².